The second kappa shape index (κ2) is 9.66. The van der Waals surface area contributed by atoms with Crippen LogP contribution in [0.2, 0.25) is 5.02 Å². The summed E-state index contributed by atoms with van der Waals surface area (Å²) in [4.78, 5) is 13.8. The number of ether oxygens (including phenoxy) is 2. The van der Waals surface area contributed by atoms with Crippen LogP contribution in [0.3, 0.4) is 0 Å². The summed E-state index contributed by atoms with van der Waals surface area (Å²) in [6.07, 6.45) is 0.800. The van der Waals surface area contributed by atoms with Crippen LogP contribution in [0, 0.1) is 0 Å². The van der Waals surface area contributed by atoms with Crippen molar-refractivity contribution in [1.29, 1.82) is 0 Å². The van der Waals surface area contributed by atoms with E-state index in [1.165, 1.54) is 14.0 Å². The molecular weight excluding hydrogens is 306 g/mol. The van der Waals surface area contributed by atoms with Crippen molar-refractivity contribution in [3.05, 3.63) is 22.7 Å². The summed E-state index contributed by atoms with van der Waals surface area (Å²) in [5, 5.41) is 9.36. The van der Waals surface area contributed by atoms with Gasteiger partial charge in [-0.3, -0.25) is 4.79 Å². The highest BCUT2D eigenvalue weighted by molar-refractivity contribution is 6.32. The van der Waals surface area contributed by atoms with E-state index in [9.17, 15) is 4.79 Å². The predicted molar refractivity (Wildman–Crippen MR) is 87.3 cm³/mol. The lowest BCUT2D eigenvalue weighted by Crippen LogP contribution is -2.28. The zero-order valence-corrected chi connectivity index (χ0v) is 14.2. The lowest BCUT2D eigenvalue weighted by Gasteiger charge is -2.19. The molecule has 0 atom stereocenters. The molecule has 1 N–H and O–H groups in total. The summed E-state index contributed by atoms with van der Waals surface area (Å²) in [5.41, 5.74) is 0.462. The molecule has 0 unspecified atom stereocenters. The Balaban J connectivity index is 2.65. The monoisotopic (exact) mass is 329 g/mol. The Bertz CT molecular complexity index is 493. The first-order valence-corrected chi connectivity index (χ1v) is 7.75. The van der Waals surface area contributed by atoms with E-state index in [0.717, 1.165) is 19.5 Å². The van der Waals surface area contributed by atoms with Crippen LogP contribution in [0.5, 0.6) is 11.5 Å². The number of benzene rings is 1. The maximum Gasteiger partial charge on any atom is 0.163 e. The lowest BCUT2D eigenvalue weighted by atomic mass is 10.1. The number of halogens is 1. The molecule has 0 fully saturated rings. The van der Waals surface area contributed by atoms with E-state index in [4.69, 9.17) is 26.2 Å². The molecule has 6 heteroatoms. The standard InChI is InChI=1S/C16H24ClNO4/c1-4-18(7-8-19)6-5-9-22-15-11-14(17)16(21-3)10-13(15)12(2)20/h10-11,19H,4-9H2,1-3H3. The van der Waals surface area contributed by atoms with Crippen molar-refractivity contribution in [2.24, 2.45) is 0 Å². The number of methoxy groups -OCH3 is 1. The van der Waals surface area contributed by atoms with E-state index in [2.05, 4.69) is 4.90 Å². The van der Waals surface area contributed by atoms with E-state index in [1.807, 2.05) is 6.92 Å². The normalized spacial score (nSPS) is 10.8. The second-order valence-corrected chi connectivity index (χ2v) is 5.31. The zero-order valence-electron chi connectivity index (χ0n) is 13.4. The van der Waals surface area contributed by atoms with Crippen LogP contribution < -0.4 is 9.47 Å². The minimum absolute atomic E-state index is 0.0968. The fourth-order valence-corrected chi connectivity index (χ4v) is 2.36. The molecule has 1 aromatic rings. The quantitative estimate of drug-likeness (QED) is 0.528. The van der Waals surface area contributed by atoms with Crippen LogP contribution in [-0.2, 0) is 0 Å². The summed E-state index contributed by atoms with van der Waals surface area (Å²) >= 11 is 6.08. The lowest BCUT2D eigenvalue weighted by molar-refractivity contribution is 0.101. The van der Waals surface area contributed by atoms with Crippen molar-refractivity contribution in [3.8, 4) is 11.5 Å². The van der Waals surface area contributed by atoms with E-state index in [-0.39, 0.29) is 12.4 Å². The number of carbonyl (C=O) groups is 1. The van der Waals surface area contributed by atoms with Crippen LogP contribution in [0.1, 0.15) is 30.6 Å². The highest BCUT2D eigenvalue weighted by Crippen LogP contribution is 2.32. The average Bonchev–Trinajstić information content (AvgIpc) is 2.50. The van der Waals surface area contributed by atoms with E-state index >= 15 is 0 Å². The number of aliphatic hydroxyl groups is 1. The summed E-state index contributed by atoms with van der Waals surface area (Å²) in [7, 11) is 1.51. The van der Waals surface area contributed by atoms with E-state index in [1.54, 1.807) is 12.1 Å². The van der Waals surface area contributed by atoms with Crippen LogP contribution in [0.25, 0.3) is 0 Å². The van der Waals surface area contributed by atoms with Gasteiger partial charge in [0.1, 0.15) is 11.5 Å². The maximum absolute atomic E-state index is 11.7. The fourth-order valence-electron chi connectivity index (χ4n) is 2.13. The predicted octanol–water partition coefficient (Wildman–Crippen LogP) is 2.63. The Kier molecular flexibility index (Phi) is 8.24. The molecule has 0 amide bonds. The van der Waals surface area contributed by atoms with Crippen molar-refractivity contribution < 1.29 is 19.4 Å². The Morgan fingerprint density at radius 3 is 2.59 bits per heavy atom. The van der Waals surface area contributed by atoms with Gasteiger partial charge in [0, 0.05) is 19.2 Å². The number of nitrogens with zero attached hydrogens (tertiary/aromatic N) is 1. The summed E-state index contributed by atoms with van der Waals surface area (Å²) < 4.78 is 10.8. The number of rotatable bonds is 10. The van der Waals surface area contributed by atoms with Gasteiger partial charge >= 0.3 is 0 Å². The largest absolute Gasteiger partial charge is 0.495 e. The first kappa shape index (κ1) is 18.7. The zero-order chi connectivity index (χ0) is 16.5. The van der Waals surface area contributed by atoms with Gasteiger partial charge in [0.2, 0.25) is 0 Å². The third kappa shape index (κ3) is 5.48. The van der Waals surface area contributed by atoms with Gasteiger partial charge < -0.3 is 19.5 Å². The smallest absolute Gasteiger partial charge is 0.163 e. The van der Waals surface area contributed by atoms with Crippen molar-refractivity contribution in [3.63, 3.8) is 0 Å². The van der Waals surface area contributed by atoms with E-state index in [0.29, 0.717) is 35.2 Å². The maximum atomic E-state index is 11.7. The number of aliphatic hydroxyl groups excluding tert-OH is 1. The van der Waals surface area contributed by atoms with Crippen molar-refractivity contribution in [1.82, 2.24) is 4.90 Å². The Hall–Kier alpha value is -1.30. The highest BCUT2D eigenvalue weighted by atomic mass is 35.5. The van der Waals surface area contributed by atoms with Gasteiger partial charge in [-0.05, 0) is 26.0 Å². The molecule has 0 bridgehead atoms. The summed E-state index contributed by atoms with van der Waals surface area (Å²) in [5.74, 6) is 0.836. The molecule has 0 saturated carbocycles. The molecule has 0 heterocycles. The molecule has 0 aromatic heterocycles. The van der Waals surface area contributed by atoms with Gasteiger partial charge in [-0.15, -0.1) is 0 Å². The fraction of sp³-hybridized carbons (Fsp3) is 0.562. The van der Waals surface area contributed by atoms with E-state index < -0.39 is 0 Å². The molecular formula is C16H24ClNO4. The van der Waals surface area contributed by atoms with Crippen LogP contribution in [-0.4, -0.2) is 55.7 Å². The van der Waals surface area contributed by atoms with Gasteiger partial charge in [0.15, 0.2) is 5.78 Å². The Labute approximate surface area is 136 Å². The number of hydrogen-bond donors (Lipinski definition) is 1. The van der Waals surface area contributed by atoms with Gasteiger partial charge in [0.05, 0.1) is 30.9 Å². The first-order valence-electron chi connectivity index (χ1n) is 7.37. The molecule has 0 aliphatic rings. The number of Topliss-reactive ketones (excluding diaryl/α,β-unsaturated/α-hetero) is 1. The first-order chi connectivity index (χ1) is 10.5. The second-order valence-electron chi connectivity index (χ2n) is 4.90. The van der Waals surface area contributed by atoms with Crippen molar-refractivity contribution in [2.75, 3.05) is 40.0 Å². The molecule has 1 aromatic carbocycles. The van der Waals surface area contributed by atoms with Gasteiger partial charge in [-0.1, -0.05) is 18.5 Å². The van der Waals surface area contributed by atoms with Crippen LogP contribution >= 0.6 is 11.6 Å². The third-order valence-corrected chi connectivity index (χ3v) is 3.67. The molecule has 5 nitrogen and oxygen atoms in total. The average molecular weight is 330 g/mol. The van der Waals surface area contributed by atoms with Crippen molar-refractivity contribution in [2.45, 2.75) is 20.3 Å². The third-order valence-electron chi connectivity index (χ3n) is 3.37. The molecule has 0 radical (unpaired) electrons. The molecule has 0 aliphatic carbocycles. The number of carbonyl (C=O) groups excluding carboxylic acids is 1. The van der Waals surface area contributed by atoms with Crippen molar-refractivity contribution >= 4 is 17.4 Å². The molecule has 1 rings (SSSR count). The topological polar surface area (TPSA) is 59.0 Å². The summed E-state index contributed by atoms with van der Waals surface area (Å²) in [6.45, 7) is 6.53. The van der Waals surface area contributed by atoms with Crippen LogP contribution in [0.15, 0.2) is 12.1 Å². The SMILES string of the molecule is CCN(CCO)CCCOc1cc(Cl)c(OC)cc1C(C)=O. The minimum atomic E-state index is -0.0968. The molecule has 0 spiro atoms. The number of hydrogen-bond acceptors (Lipinski definition) is 5. The number of likely N-dealkylation sites (N-methyl/N-ethyl adjacent to an activating group) is 1. The minimum Gasteiger partial charge on any atom is -0.495 e. The Morgan fingerprint density at radius 2 is 2.05 bits per heavy atom. The molecule has 22 heavy (non-hydrogen) atoms. The summed E-state index contributed by atoms with van der Waals surface area (Å²) in [6, 6.07) is 3.21. The van der Waals surface area contributed by atoms with Gasteiger partial charge in [-0.2, -0.15) is 0 Å². The van der Waals surface area contributed by atoms with Gasteiger partial charge in [-0.25, -0.2) is 0 Å². The molecule has 0 saturated heterocycles. The Morgan fingerprint density at radius 1 is 1.32 bits per heavy atom. The van der Waals surface area contributed by atoms with Crippen LogP contribution in [0.4, 0.5) is 0 Å². The van der Waals surface area contributed by atoms with Gasteiger partial charge in [0.25, 0.3) is 0 Å². The molecule has 124 valence electrons. The molecule has 0 aliphatic heterocycles. The number of ketones is 1. The highest BCUT2D eigenvalue weighted by Gasteiger charge is 2.14.